The van der Waals surface area contributed by atoms with Gasteiger partial charge in [-0.05, 0) is 25.0 Å². The molecule has 0 unspecified atom stereocenters. The average Bonchev–Trinajstić information content (AvgIpc) is 1.94. The van der Waals surface area contributed by atoms with E-state index in [-0.39, 0.29) is 23.1 Å². The second-order valence-corrected chi connectivity index (χ2v) is 2.83. The third-order valence-corrected chi connectivity index (χ3v) is 1.94. The summed E-state index contributed by atoms with van der Waals surface area (Å²) in [4.78, 5) is 0. The quantitative estimate of drug-likeness (QED) is 0.459. The standard InChI is InChI=1S/C9H11Cl.Mg.2H/c1-7-3-4-8(2)9(5-7)6-10;;;/h3-5H,6H2,1-2H3;;;. The molecule has 0 radical (unpaired) electrons. The molecule has 0 heterocycles. The Balaban J connectivity index is 0.000001000. The van der Waals surface area contributed by atoms with E-state index >= 15 is 0 Å². The summed E-state index contributed by atoms with van der Waals surface area (Å²) in [5.74, 6) is 0.619. The van der Waals surface area contributed by atoms with E-state index in [2.05, 4.69) is 32.0 Å². The molecule has 0 amide bonds. The van der Waals surface area contributed by atoms with Crippen LogP contribution < -0.4 is 0 Å². The van der Waals surface area contributed by atoms with Gasteiger partial charge in [0.15, 0.2) is 0 Å². The first-order chi connectivity index (χ1) is 4.74. The van der Waals surface area contributed by atoms with Crippen LogP contribution in [0.3, 0.4) is 0 Å². The summed E-state index contributed by atoms with van der Waals surface area (Å²) in [5.41, 5.74) is 3.79. The highest BCUT2D eigenvalue weighted by atomic mass is 35.5. The van der Waals surface area contributed by atoms with Gasteiger partial charge in [-0.1, -0.05) is 23.8 Å². The molecule has 0 saturated carbocycles. The van der Waals surface area contributed by atoms with Crippen LogP contribution in [-0.4, -0.2) is 23.1 Å². The van der Waals surface area contributed by atoms with Gasteiger partial charge in [0.1, 0.15) is 0 Å². The van der Waals surface area contributed by atoms with Crippen LogP contribution in [0.25, 0.3) is 0 Å². The summed E-state index contributed by atoms with van der Waals surface area (Å²) in [6.45, 7) is 4.16. The third-order valence-electron chi connectivity index (χ3n) is 1.65. The van der Waals surface area contributed by atoms with Gasteiger partial charge in [0.2, 0.25) is 0 Å². The van der Waals surface area contributed by atoms with Gasteiger partial charge in [-0.2, -0.15) is 0 Å². The maximum absolute atomic E-state index is 5.70. The SMILES string of the molecule is Cc1ccc(C)c(CCl)c1.[MgH2]. The average molecular weight is 181 g/mol. The molecule has 0 aliphatic heterocycles. The number of hydrogen-bond donors (Lipinski definition) is 0. The van der Waals surface area contributed by atoms with Gasteiger partial charge in [0.05, 0.1) is 0 Å². The Morgan fingerprint density at radius 3 is 2.36 bits per heavy atom. The third kappa shape index (κ3) is 3.02. The first-order valence-electron chi connectivity index (χ1n) is 3.36. The molecule has 0 atom stereocenters. The zero-order valence-corrected chi connectivity index (χ0v) is 7.07. The minimum Gasteiger partial charge on any atom is -0.122 e. The maximum Gasteiger partial charge on any atom is 0.316 e. The molecule has 0 aliphatic carbocycles. The number of benzene rings is 1. The first kappa shape index (κ1) is 11.3. The van der Waals surface area contributed by atoms with Gasteiger partial charge in [-0.15, -0.1) is 11.6 Å². The predicted molar refractivity (Wildman–Crippen MR) is 54.0 cm³/mol. The van der Waals surface area contributed by atoms with E-state index in [4.69, 9.17) is 11.6 Å². The lowest BCUT2D eigenvalue weighted by Gasteiger charge is -2.01. The number of hydrogen-bond acceptors (Lipinski definition) is 0. The molecule has 0 spiro atoms. The Hall–Kier alpha value is 0.276. The summed E-state index contributed by atoms with van der Waals surface area (Å²) in [6, 6.07) is 6.33. The van der Waals surface area contributed by atoms with E-state index in [1.54, 1.807) is 0 Å². The van der Waals surface area contributed by atoms with E-state index in [0.717, 1.165) is 0 Å². The molecule has 0 nitrogen and oxygen atoms in total. The highest BCUT2D eigenvalue weighted by Crippen LogP contribution is 2.12. The molecule has 0 fully saturated rings. The van der Waals surface area contributed by atoms with Gasteiger partial charge >= 0.3 is 23.1 Å². The Morgan fingerprint density at radius 2 is 1.91 bits per heavy atom. The minimum atomic E-state index is 0. The maximum atomic E-state index is 5.70. The molecule has 58 valence electrons. The summed E-state index contributed by atoms with van der Waals surface area (Å²) >= 11 is 5.70. The van der Waals surface area contributed by atoms with Crippen molar-refractivity contribution in [3.8, 4) is 0 Å². The Labute approximate surface area is 89.1 Å². The topological polar surface area (TPSA) is 0 Å². The number of alkyl halides is 1. The molecular formula is C9H13ClMg. The van der Waals surface area contributed by atoms with Crippen molar-refractivity contribution < 1.29 is 0 Å². The zero-order valence-electron chi connectivity index (χ0n) is 6.32. The summed E-state index contributed by atoms with van der Waals surface area (Å²) in [7, 11) is 0. The van der Waals surface area contributed by atoms with Crippen molar-refractivity contribution in [1.29, 1.82) is 0 Å². The van der Waals surface area contributed by atoms with E-state index < -0.39 is 0 Å². The highest BCUT2D eigenvalue weighted by molar-refractivity contribution is 6.17. The molecular weight excluding hydrogens is 168 g/mol. The van der Waals surface area contributed by atoms with Crippen molar-refractivity contribution in [2.45, 2.75) is 19.7 Å². The molecule has 2 heteroatoms. The zero-order chi connectivity index (χ0) is 7.56. The molecule has 0 aromatic heterocycles. The normalized spacial score (nSPS) is 9.00. The summed E-state index contributed by atoms with van der Waals surface area (Å²) in [6.07, 6.45) is 0. The van der Waals surface area contributed by atoms with Crippen LogP contribution in [0.15, 0.2) is 18.2 Å². The number of rotatable bonds is 1. The van der Waals surface area contributed by atoms with Crippen molar-refractivity contribution in [3.63, 3.8) is 0 Å². The smallest absolute Gasteiger partial charge is 0.122 e. The van der Waals surface area contributed by atoms with Crippen molar-refractivity contribution in [3.05, 3.63) is 34.9 Å². The van der Waals surface area contributed by atoms with E-state index in [1.807, 2.05) is 0 Å². The Kier molecular flexibility index (Phi) is 5.14. The van der Waals surface area contributed by atoms with Crippen LogP contribution in [0, 0.1) is 13.8 Å². The predicted octanol–water partition coefficient (Wildman–Crippen LogP) is 2.13. The molecule has 0 aliphatic rings. The second-order valence-electron chi connectivity index (χ2n) is 2.56. The van der Waals surface area contributed by atoms with Gasteiger partial charge in [-0.25, -0.2) is 0 Å². The minimum absolute atomic E-state index is 0. The van der Waals surface area contributed by atoms with Crippen molar-refractivity contribution in [2.75, 3.05) is 0 Å². The molecule has 0 bridgehead atoms. The van der Waals surface area contributed by atoms with Gasteiger partial charge < -0.3 is 0 Å². The van der Waals surface area contributed by atoms with Crippen LogP contribution in [0.4, 0.5) is 0 Å². The summed E-state index contributed by atoms with van der Waals surface area (Å²) < 4.78 is 0. The van der Waals surface area contributed by atoms with Crippen molar-refractivity contribution in [1.82, 2.24) is 0 Å². The lowest BCUT2D eigenvalue weighted by molar-refractivity contribution is 1.27. The molecule has 1 rings (SSSR count). The second kappa shape index (κ2) is 5.02. The Bertz CT molecular complexity index is 233. The van der Waals surface area contributed by atoms with Crippen LogP contribution in [0.5, 0.6) is 0 Å². The van der Waals surface area contributed by atoms with Crippen molar-refractivity contribution >= 4 is 34.7 Å². The van der Waals surface area contributed by atoms with Gasteiger partial charge in [0.25, 0.3) is 0 Å². The highest BCUT2D eigenvalue weighted by Gasteiger charge is 1.94. The first-order valence-corrected chi connectivity index (χ1v) is 3.89. The fraction of sp³-hybridized carbons (Fsp3) is 0.333. The fourth-order valence-electron chi connectivity index (χ4n) is 0.944. The van der Waals surface area contributed by atoms with Crippen LogP contribution >= 0.6 is 11.6 Å². The monoisotopic (exact) mass is 180 g/mol. The number of aryl methyl sites for hydroxylation is 2. The van der Waals surface area contributed by atoms with Crippen molar-refractivity contribution in [2.24, 2.45) is 0 Å². The molecule has 1 aromatic rings. The molecule has 1 aromatic carbocycles. The lowest BCUT2D eigenvalue weighted by atomic mass is 10.1. The van der Waals surface area contributed by atoms with Gasteiger partial charge in [-0.3, -0.25) is 0 Å². The molecule has 11 heavy (non-hydrogen) atoms. The van der Waals surface area contributed by atoms with Gasteiger partial charge in [0, 0.05) is 5.88 Å². The van der Waals surface area contributed by atoms with E-state index in [9.17, 15) is 0 Å². The van der Waals surface area contributed by atoms with Crippen LogP contribution in [0.2, 0.25) is 0 Å². The largest absolute Gasteiger partial charge is 0.316 e. The van der Waals surface area contributed by atoms with E-state index in [0.29, 0.717) is 5.88 Å². The van der Waals surface area contributed by atoms with E-state index in [1.165, 1.54) is 16.7 Å². The van der Waals surface area contributed by atoms with Crippen LogP contribution in [-0.2, 0) is 5.88 Å². The molecule has 0 N–H and O–H groups in total. The molecule has 0 saturated heterocycles. The van der Waals surface area contributed by atoms with Crippen LogP contribution in [0.1, 0.15) is 16.7 Å². The summed E-state index contributed by atoms with van der Waals surface area (Å²) in [5, 5.41) is 0. The Morgan fingerprint density at radius 1 is 1.27 bits per heavy atom. The fourth-order valence-corrected chi connectivity index (χ4v) is 1.23. The number of halogens is 1. The lowest BCUT2D eigenvalue weighted by Crippen LogP contribution is -1.84.